The minimum atomic E-state index is -0.966. The van der Waals surface area contributed by atoms with E-state index in [4.69, 9.17) is 29.3 Å². The van der Waals surface area contributed by atoms with Gasteiger partial charge in [0.15, 0.2) is 11.8 Å². The number of rotatable bonds is 4. The fourth-order valence-electron chi connectivity index (χ4n) is 6.31. The lowest BCUT2D eigenvalue weighted by Gasteiger charge is -2.41. The second-order valence-corrected chi connectivity index (χ2v) is 14.5. The predicted octanol–water partition coefficient (Wildman–Crippen LogP) is 7.05. The quantitative estimate of drug-likeness (QED) is 0.173. The van der Waals surface area contributed by atoms with Crippen molar-refractivity contribution < 1.29 is 19.0 Å². The van der Waals surface area contributed by atoms with E-state index in [1.54, 1.807) is 11.3 Å². The maximum Gasteiger partial charge on any atom is 0.340 e. The van der Waals surface area contributed by atoms with Gasteiger partial charge in [-0.25, -0.2) is 14.8 Å². The monoisotopic (exact) mass is 643 g/mol. The number of hydrogen-bond donors (Lipinski definition) is 0. The van der Waals surface area contributed by atoms with Crippen LogP contribution in [0, 0.1) is 6.92 Å². The second kappa shape index (κ2) is 13.3. The molecule has 0 spiro atoms. The van der Waals surface area contributed by atoms with Gasteiger partial charge in [-0.1, -0.05) is 36.4 Å². The number of thiazole rings is 1. The van der Waals surface area contributed by atoms with Crippen molar-refractivity contribution in [1.29, 1.82) is 0 Å². The molecule has 0 radical (unpaired) electrons. The van der Waals surface area contributed by atoms with Crippen LogP contribution in [0.25, 0.3) is 16.3 Å². The molecule has 0 saturated carbocycles. The topological polar surface area (TPSA) is 91.1 Å². The number of esters is 1. The summed E-state index contributed by atoms with van der Waals surface area (Å²) in [5.74, 6) is 0.372. The van der Waals surface area contributed by atoms with Crippen LogP contribution in [0.2, 0.25) is 0 Å². The molecule has 244 valence electrons. The van der Waals surface area contributed by atoms with Gasteiger partial charge >= 0.3 is 5.97 Å². The van der Waals surface area contributed by atoms with Crippen LogP contribution in [0.15, 0.2) is 48.7 Å². The molecule has 6 heterocycles. The third-order valence-corrected chi connectivity index (χ3v) is 9.71. The Morgan fingerprint density at radius 1 is 1.15 bits per heavy atom. The Kier molecular flexibility index (Phi) is 9.32. The average molecular weight is 644 g/mol. The molecule has 0 aliphatic carbocycles. The second-order valence-electron chi connectivity index (χ2n) is 13.4. The standard InChI is InChI=1S/C36H45N5O4S/c1-7-43-34(42)31(45-35(3,4)5)30-24(2)38-29-22-28-32-37-23-27(46-32)21-26-15-11-10-14-25(26)13-9-8-12-20-44-36(6)16-18-40(19-17-36)33(30)41(29)39-28/h8,10-12,14-15,22-23,31H,7,9,13,16-21H2,1-6H3/b12-8-/t31-/m0/s1. The third kappa shape index (κ3) is 7.04. The minimum Gasteiger partial charge on any atom is -0.464 e. The van der Waals surface area contributed by atoms with Gasteiger partial charge in [-0.2, -0.15) is 9.61 Å². The molecule has 46 heavy (non-hydrogen) atoms. The summed E-state index contributed by atoms with van der Waals surface area (Å²) >= 11 is 1.66. The van der Waals surface area contributed by atoms with Crippen molar-refractivity contribution in [1.82, 2.24) is 19.6 Å². The van der Waals surface area contributed by atoms with Crippen LogP contribution in [0.1, 0.15) is 87.2 Å². The van der Waals surface area contributed by atoms with Crippen LogP contribution in [0.5, 0.6) is 0 Å². The molecule has 1 fully saturated rings. The number of hydrogen-bond acceptors (Lipinski definition) is 9. The van der Waals surface area contributed by atoms with Gasteiger partial charge in [0.1, 0.15) is 16.5 Å². The molecule has 3 aromatic heterocycles. The number of ether oxygens (including phenoxy) is 3. The van der Waals surface area contributed by atoms with Crippen LogP contribution >= 0.6 is 11.3 Å². The highest BCUT2D eigenvalue weighted by atomic mass is 32.1. The Morgan fingerprint density at radius 3 is 2.65 bits per heavy atom. The van der Waals surface area contributed by atoms with Crippen LogP contribution in [0.4, 0.5) is 5.82 Å². The highest BCUT2D eigenvalue weighted by Crippen LogP contribution is 2.39. The van der Waals surface area contributed by atoms with Gasteiger partial charge in [0.2, 0.25) is 0 Å². The molecule has 6 bridgehead atoms. The molecule has 10 heteroatoms. The Bertz CT molecular complexity index is 1730. The number of benzene rings is 1. The molecule has 0 unspecified atom stereocenters. The van der Waals surface area contributed by atoms with Crippen LogP contribution < -0.4 is 4.90 Å². The fraction of sp³-hybridized carbons (Fsp3) is 0.500. The third-order valence-electron chi connectivity index (χ3n) is 8.69. The van der Waals surface area contributed by atoms with Gasteiger partial charge in [-0.15, -0.1) is 11.3 Å². The first-order valence-corrected chi connectivity index (χ1v) is 17.2. The first-order valence-electron chi connectivity index (χ1n) is 16.3. The summed E-state index contributed by atoms with van der Waals surface area (Å²) in [5, 5.41) is 5.95. The van der Waals surface area contributed by atoms with Crippen LogP contribution in [-0.4, -0.2) is 63.1 Å². The summed E-state index contributed by atoms with van der Waals surface area (Å²) in [6, 6.07) is 10.7. The van der Waals surface area contributed by atoms with Gasteiger partial charge in [-0.3, -0.25) is 0 Å². The minimum absolute atomic E-state index is 0.253. The number of nitrogens with zero attached hydrogens (tertiary/aromatic N) is 5. The highest BCUT2D eigenvalue weighted by molar-refractivity contribution is 7.15. The van der Waals surface area contributed by atoms with Gasteiger partial charge in [0.05, 0.1) is 30.0 Å². The van der Waals surface area contributed by atoms with Gasteiger partial charge in [-0.05, 0) is 78.4 Å². The number of carbonyl (C=O) groups is 1. The van der Waals surface area contributed by atoms with Crippen molar-refractivity contribution in [3.05, 3.63) is 75.9 Å². The molecular formula is C36H45N5O4S. The fourth-order valence-corrected chi connectivity index (χ4v) is 7.20. The van der Waals surface area contributed by atoms with E-state index in [1.165, 1.54) is 16.0 Å². The van der Waals surface area contributed by atoms with Crippen molar-refractivity contribution in [3.8, 4) is 10.7 Å². The molecule has 7 rings (SSSR count). The van der Waals surface area contributed by atoms with Crippen LogP contribution in [-0.2, 0) is 31.8 Å². The number of carbonyl (C=O) groups excluding carboxylic acids is 1. The van der Waals surface area contributed by atoms with Crippen molar-refractivity contribution in [3.63, 3.8) is 0 Å². The normalized spacial score (nSPS) is 18.3. The number of fused-ring (bicyclic) bond motifs is 6. The number of anilines is 1. The summed E-state index contributed by atoms with van der Waals surface area (Å²) in [6.07, 6.45) is 9.80. The van der Waals surface area contributed by atoms with Crippen molar-refractivity contribution in [2.24, 2.45) is 0 Å². The smallest absolute Gasteiger partial charge is 0.340 e. The Balaban J connectivity index is 1.49. The number of piperidine rings is 1. The Hall–Kier alpha value is -3.60. The van der Waals surface area contributed by atoms with Crippen molar-refractivity contribution >= 4 is 28.8 Å². The average Bonchev–Trinajstić information content (AvgIpc) is 3.65. The molecule has 1 saturated heterocycles. The zero-order valence-corrected chi connectivity index (χ0v) is 28.7. The number of aryl methyl sites for hydroxylation is 2. The van der Waals surface area contributed by atoms with E-state index in [0.29, 0.717) is 23.5 Å². The molecule has 0 amide bonds. The van der Waals surface area contributed by atoms with E-state index in [9.17, 15) is 4.79 Å². The number of aromatic nitrogens is 4. The largest absolute Gasteiger partial charge is 0.464 e. The SMILES string of the molecule is CCOC(=O)[C@@H](OC(C)(C)C)c1c(C)nc2cc3nn2c1N1CCC(C)(CC1)OC/C=C\CCc1ccccc1Cc1cnc-3s1. The molecule has 3 aliphatic rings. The summed E-state index contributed by atoms with van der Waals surface area (Å²) in [6.45, 7) is 14.1. The van der Waals surface area contributed by atoms with E-state index in [1.807, 2.05) is 51.4 Å². The maximum absolute atomic E-state index is 13.5. The van der Waals surface area contributed by atoms with Gasteiger partial charge in [0.25, 0.3) is 0 Å². The summed E-state index contributed by atoms with van der Waals surface area (Å²) in [4.78, 5) is 26.8. The zero-order chi connectivity index (χ0) is 32.5. The maximum atomic E-state index is 13.5. The van der Waals surface area contributed by atoms with Gasteiger partial charge < -0.3 is 19.1 Å². The molecular weight excluding hydrogens is 598 g/mol. The molecule has 3 aliphatic heterocycles. The molecule has 1 aromatic carbocycles. The lowest BCUT2D eigenvalue weighted by atomic mass is 9.92. The van der Waals surface area contributed by atoms with Gasteiger partial charge in [0, 0.05) is 42.3 Å². The van der Waals surface area contributed by atoms with E-state index in [-0.39, 0.29) is 12.2 Å². The summed E-state index contributed by atoms with van der Waals surface area (Å²) in [7, 11) is 0. The summed E-state index contributed by atoms with van der Waals surface area (Å²) < 4.78 is 20.4. The zero-order valence-electron chi connectivity index (χ0n) is 27.8. The lowest BCUT2D eigenvalue weighted by Crippen LogP contribution is -2.45. The predicted molar refractivity (Wildman–Crippen MR) is 182 cm³/mol. The van der Waals surface area contributed by atoms with Crippen molar-refractivity contribution in [2.75, 3.05) is 31.2 Å². The van der Waals surface area contributed by atoms with E-state index >= 15 is 0 Å². The van der Waals surface area contributed by atoms with Crippen LogP contribution in [0.3, 0.4) is 0 Å². The molecule has 4 aromatic rings. The van der Waals surface area contributed by atoms with E-state index < -0.39 is 17.7 Å². The number of allylic oxidation sites excluding steroid dienone is 1. The molecule has 1 atom stereocenters. The summed E-state index contributed by atoms with van der Waals surface area (Å²) in [5.41, 5.74) is 4.65. The lowest BCUT2D eigenvalue weighted by molar-refractivity contribution is -0.166. The van der Waals surface area contributed by atoms with E-state index in [0.717, 1.165) is 61.7 Å². The first-order chi connectivity index (χ1) is 22.0. The molecule has 9 nitrogen and oxygen atoms in total. The molecule has 0 N–H and O–H groups in total. The highest BCUT2D eigenvalue weighted by Gasteiger charge is 2.38. The Morgan fingerprint density at radius 2 is 1.91 bits per heavy atom. The van der Waals surface area contributed by atoms with Crippen molar-refractivity contribution in [2.45, 2.75) is 91.0 Å². The first kappa shape index (κ1) is 32.3. The Labute approximate surface area is 275 Å². The van der Waals surface area contributed by atoms with E-state index in [2.05, 4.69) is 48.2 Å².